The number of halogens is 1. The largest absolute Gasteiger partial charge is 0.410 e. The maximum atomic E-state index is 11.8. The summed E-state index contributed by atoms with van der Waals surface area (Å²) < 4.78 is 14.5. The van der Waals surface area contributed by atoms with Crippen molar-refractivity contribution in [1.82, 2.24) is 8.61 Å². The minimum atomic E-state index is -1.43. The van der Waals surface area contributed by atoms with Crippen molar-refractivity contribution in [2.75, 3.05) is 20.6 Å². The van der Waals surface area contributed by atoms with Gasteiger partial charge < -0.3 is 0 Å². The van der Waals surface area contributed by atoms with Crippen molar-refractivity contribution in [3.05, 3.63) is 0 Å². The highest BCUT2D eigenvalue weighted by atomic mass is 32.2. The van der Waals surface area contributed by atoms with Crippen LogP contribution in [0.3, 0.4) is 0 Å². The molecule has 0 aromatic carbocycles. The molecule has 3 nitrogen and oxygen atoms in total. The van der Waals surface area contributed by atoms with Crippen LogP contribution in [0.15, 0.2) is 0 Å². The lowest BCUT2D eigenvalue weighted by Crippen LogP contribution is -2.21. The van der Waals surface area contributed by atoms with Crippen LogP contribution >= 0.6 is 12.1 Å². The summed E-state index contributed by atoms with van der Waals surface area (Å²) in [5.74, 6) is 0. The zero-order valence-electron chi connectivity index (χ0n) is 6.30. The van der Waals surface area contributed by atoms with E-state index in [0.717, 1.165) is 23.0 Å². The molecule has 0 bridgehead atoms. The van der Waals surface area contributed by atoms with E-state index in [-0.39, 0.29) is 0 Å². The van der Waals surface area contributed by atoms with Gasteiger partial charge in [0.15, 0.2) is 0 Å². The monoisotopic (exact) mass is 166 g/mol. The van der Waals surface area contributed by atoms with Gasteiger partial charge >= 0.3 is 6.16 Å². The predicted molar refractivity (Wildman–Crippen MR) is 40.2 cm³/mol. The maximum Gasteiger partial charge on any atom is 0.410 e. The molecule has 0 spiro atoms. The minimum absolute atomic E-state index is 0.766. The first-order valence-corrected chi connectivity index (χ1v) is 3.63. The maximum absolute atomic E-state index is 11.8. The molecule has 0 fully saturated rings. The van der Waals surface area contributed by atoms with Crippen LogP contribution in [0.4, 0.5) is 9.18 Å². The van der Waals surface area contributed by atoms with Crippen LogP contribution in [0.25, 0.3) is 0 Å². The molecule has 0 radical (unpaired) electrons. The molecule has 0 aliphatic heterocycles. The van der Waals surface area contributed by atoms with Gasteiger partial charge in [-0.3, -0.25) is 0 Å². The molecule has 0 atom stereocenters. The van der Waals surface area contributed by atoms with Crippen molar-refractivity contribution in [2.45, 2.75) is 6.92 Å². The first-order valence-electron chi connectivity index (χ1n) is 2.90. The van der Waals surface area contributed by atoms with Crippen LogP contribution in [0, 0.1) is 0 Å². The quantitative estimate of drug-likeness (QED) is 0.361. The Morgan fingerprint density at radius 1 is 1.60 bits per heavy atom. The Morgan fingerprint density at radius 3 is 2.40 bits per heavy atom. The van der Waals surface area contributed by atoms with Crippen molar-refractivity contribution >= 4 is 18.3 Å². The third kappa shape index (κ3) is 3.68. The molecule has 1 amide bonds. The van der Waals surface area contributed by atoms with Gasteiger partial charge in [0, 0.05) is 25.7 Å². The van der Waals surface area contributed by atoms with Crippen molar-refractivity contribution in [2.24, 2.45) is 0 Å². The van der Waals surface area contributed by atoms with E-state index < -0.39 is 6.16 Å². The molecule has 0 aromatic rings. The van der Waals surface area contributed by atoms with Crippen molar-refractivity contribution in [3.8, 4) is 0 Å². The first-order chi connectivity index (χ1) is 4.57. The van der Waals surface area contributed by atoms with E-state index in [1.807, 2.05) is 6.92 Å². The molecule has 0 aromatic heterocycles. The molecule has 0 heterocycles. The van der Waals surface area contributed by atoms with Gasteiger partial charge in [-0.05, 0) is 7.05 Å². The second kappa shape index (κ2) is 4.51. The van der Waals surface area contributed by atoms with Crippen LogP contribution in [-0.4, -0.2) is 35.4 Å². The number of amides is 1. The van der Waals surface area contributed by atoms with E-state index in [0.29, 0.717) is 0 Å². The average Bonchev–Trinajstić information content (AvgIpc) is 1.87. The Kier molecular flexibility index (Phi) is 4.38. The highest BCUT2D eigenvalue weighted by Gasteiger charge is 2.08. The van der Waals surface area contributed by atoms with Gasteiger partial charge in [-0.2, -0.15) is 0 Å². The molecule has 60 valence electrons. The molecular weight excluding hydrogens is 155 g/mol. The van der Waals surface area contributed by atoms with Gasteiger partial charge in [0.1, 0.15) is 0 Å². The van der Waals surface area contributed by atoms with Crippen molar-refractivity contribution in [1.29, 1.82) is 0 Å². The SMILES string of the molecule is CCN(C)SN(C)C(=O)F. The number of rotatable bonds is 3. The van der Waals surface area contributed by atoms with Crippen LogP contribution in [0.1, 0.15) is 6.92 Å². The predicted octanol–water partition coefficient (Wildman–Crippen LogP) is 1.52. The molecule has 0 unspecified atom stereocenters. The molecule has 0 aliphatic rings. The number of nitrogens with zero attached hydrogens (tertiary/aromatic N) is 2. The second-order valence-electron chi connectivity index (χ2n) is 1.78. The molecule has 0 aliphatic carbocycles. The number of carbonyl (C=O) groups is 1. The Hall–Kier alpha value is -0.290. The van der Waals surface area contributed by atoms with E-state index in [1.165, 1.54) is 7.05 Å². The zero-order valence-corrected chi connectivity index (χ0v) is 7.11. The van der Waals surface area contributed by atoms with E-state index in [2.05, 4.69) is 0 Å². The fourth-order valence-electron chi connectivity index (χ4n) is 0.299. The molecule has 0 N–H and O–H groups in total. The fourth-order valence-corrected chi connectivity index (χ4v) is 0.897. The Morgan fingerprint density at radius 2 is 2.10 bits per heavy atom. The molecule has 0 rings (SSSR count). The van der Waals surface area contributed by atoms with Crippen molar-refractivity contribution in [3.63, 3.8) is 0 Å². The number of hydrogen-bond donors (Lipinski definition) is 0. The van der Waals surface area contributed by atoms with E-state index in [9.17, 15) is 9.18 Å². The summed E-state index contributed by atoms with van der Waals surface area (Å²) >= 11 is 1.05. The summed E-state index contributed by atoms with van der Waals surface area (Å²) in [5.41, 5.74) is 0. The van der Waals surface area contributed by atoms with Gasteiger partial charge in [-0.1, -0.05) is 6.92 Å². The molecule has 0 saturated carbocycles. The van der Waals surface area contributed by atoms with Gasteiger partial charge in [0.05, 0.1) is 0 Å². The van der Waals surface area contributed by atoms with Gasteiger partial charge in [-0.25, -0.2) is 13.4 Å². The van der Waals surface area contributed by atoms with Crippen LogP contribution in [-0.2, 0) is 0 Å². The normalized spacial score (nSPS) is 10.1. The lowest BCUT2D eigenvalue weighted by molar-refractivity contribution is 0.208. The highest BCUT2D eigenvalue weighted by molar-refractivity contribution is 7.95. The summed E-state index contributed by atoms with van der Waals surface area (Å²) in [6, 6.07) is 0. The second-order valence-corrected chi connectivity index (χ2v) is 3.11. The lowest BCUT2D eigenvalue weighted by Gasteiger charge is -2.17. The Bertz CT molecular complexity index is 122. The minimum Gasteiger partial charge on any atom is -0.248 e. The van der Waals surface area contributed by atoms with E-state index in [4.69, 9.17) is 0 Å². The van der Waals surface area contributed by atoms with Gasteiger partial charge in [-0.15, -0.1) is 4.39 Å². The fraction of sp³-hybridized carbons (Fsp3) is 0.800. The number of carbonyl (C=O) groups excluding carboxylic acids is 1. The summed E-state index contributed by atoms with van der Waals surface area (Å²) in [4.78, 5) is 10.0. The Labute approximate surface area is 64.4 Å². The lowest BCUT2D eigenvalue weighted by atomic mass is 10.8. The average molecular weight is 166 g/mol. The van der Waals surface area contributed by atoms with Crippen LogP contribution in [0.5, 0.6) is 0 Å². The zero-order chi connectivity index (χ0) is 8.15. The molecule has 5 heteroatoms. The van der Waals surface area contributed by atoms with Gasteiger partial charge in [0.25, 0.3) is 0 Å². The van der Waals surface area contributed by atoms with E-state index >= 15 is 0 Å². The smallest absolute Gasteiger partial charge is 0.248 e. The van der Waals surface area contributed by atoms with E-state index in [1.54, 1.807) is 11.4 Å². The summed E-state index contributed by atoms with van der Waals surface area (Å²) in [6.07, 6.45) is -1.43. The molecular formula is C5H11FN2OS. The number of hydrogen-bond acceptors (Lipinski definition) is 3. The highest BCUT2D eigenvalue weighted by Crippen LogP contribution is 2.11. The van der Waals surface area contributed by atoms with Crippen LogP contribution in [0.2, 0.25) is 0 Å². The van der Waals surface area contributed by atoms with Crippen molar-refractivity contribution < 1.29 is 9.18 Å². The standard InChI is InChI=1S/C5H11FN2OS/c1-4-7(2)10-8(3)5(6)9/h4H2,1-3H3. The topological polar surface area (TPSA) is 23.6 Å². The first kappa shape index (κ1) is 9.71. The third-order valence-electron chi connectivity index (χ3n) is 0.955. The molecule has 10 heavy (non-hydrogen) atoms. The summed E-state index contributed by atoms with van der Waals surface area (Å²) in [5, 5.41) is 0. The molecule has 0 saturated heterocycles. The Balaban J connectivity index is 3.56. The van der Waals surface area contributed by atoms with Gasteiger partial charge in [0.2, 0.25) is 0 Å². The third-order valence-corrected chi connectivity index (χ3v) is 1.88. The summed E-state index contributed by atoms with van der Waals surface area (Å²) in [6.45, 7) is 2.69. The van der Waals surface area contributed by atoms with Crippen LogP contribution < -0.4 is 0 Å². The summed E-state index contributed by atoms with van der Waals surface area (Å²) in [7, 11) is 3.17.